The smallest absolute Gasteiger partial charge is 0.267 e. The number of carbonyl (C=O) groups excluding carboxylic acids is 3. The highest BCUT2D eigenvalue weighted by molar-refractivity contribution is 7.17. The summed E-state index contributed by atoms with van der Waals surface area (Å²) in [5.41, 5.74) is 3.86. The monoisotopic (exact) mass is 468 g/mol. The number of carbonyl (C=O) groups is 3. The number of hydrogen-bond donors (Lipinski definition) is 2. The zero-order chi connectivity index (χ0) is 23.7. The fourth-order valence-electron chi connectivity index (χ4n) is 3.77. The first-order valence-corrected chi connectivity index (χ1v) is 11.5. The van der Waals surface area contributed by atoms with Gasteiger partial charge in [0, 0.05) is 16.8 Å². The summed E-state index contributed by atoms with van der Waals surface area (Å²) < 4.78 is 0. The molecule has 0 spiro atoms. The van der Waals surface area contributed by atoms with Gasteiger partial charge in [-0.1, -0.05) is 42.5 Å². The van der Waals surface area contributed by atoms with Crippen molar-refractivity contribution in [3.05, 3.63) is 95.0 Å². The molecule has 0 radical (unpaired) electrons. The Bertz CT molecular complexity index is 1400. The SMILES string of the molecule is Cc1nc(-c2ccccc2)sc1C(=O)Nc1ccc(C(=O)N2CC(=O)Nc3ccccc32)cc1. The summed E-state index contributed by atoms with van der Waals surface area (Å²) in [6.07, 6.45) is 0. The number of thiazole rings is 1. The molecule has 2 heterocycles. The van der Waals surface area contributed by atoms with Crippen molar-refractivity contribution in [2.45, 2.75) is 6.92 Å². The Kier molecular flexibility index (Phi) is 5.65. The fourth-order valence-corrected chi connectivity index (χ4v) is 4.73. The van der Waals surface area contributed by atoms with Gasteiger partial charge in [-0.2, -0.15) is 0 Å². The molecule has 0 fully saturated rings. The highest BCUT2D eigenvalue weighted by Crippen LogP contribution is 2.31. The number of fused-ring (bicyclic) bond motifs is 1. The van der Waals surface area contributed by atoms with Crippen LogP contribution in [0.25, 0.3) is 10.6 Å². The van der Waals surface area contributed by atoms with Gasteiger partial charge in [0.05, 0.1) is 17.1 Å². The van der Waals surface area contributed by atoms with Crippen LogP contribution in [-0.2, 0) is 4.79 Å². The maximum Gasteiger partial charge on any atom is 0.267 e. The molecular formula is C26H20N4O3S. The third-order valence-electron chi connectivity index (χ3n) is 5.43. The van der Waals surface area contributed by atoms with Crippen LogP contribution >= 0.6 is 11.3 Å². The number of para-hydroxylation sites is 2. The van der Waals surface area contributed by atoms with E-state index < -0.39 is 0 Å². The molecule has 0 bridgehead atoms. The molecule has 1 aromatic heterocycles. The molecule has 0 unspecified atom stereocenters. The number of nitrogens with zero attached hydrogens (tertiary/aromatic N) is 2. The summed E-state index contributed by atoms with van der Waals surface area (Å²) >= 11 is 1.34. The second kappa shape index (κ2) is 8.92. The van der Waals surface area contributed by atoms with Crippen molar-refractivity contribution < 1.29 is 14.4 Å². The molecule has 0 atom stereocenters. The Labute approximate surface area is 200 Å². The van der Waals surface area contributed by atoms with Crippen LogP contribution in [0.15, 0.2) is 78.9 Å². The molecule has 7 nitrogen and oxygen atoms in total. The Balaban J connectivity index is 1.32. The normalized spacial score (nSPS) is 12.6. The van der Waals surface area contributed by atoms with Gasteiger partial charge in [0.15, 0.2) is 0 Å². The average molecular weight is 469 g/mol. The van der Waals surface area contributed by atoms with E-state index >= 15 is 0 Å². The molecule has 8 heteroatoms. The minimum Gasteiger partial charge on any atom is -0.323 e. The second-order valence-electron chi connectivity index (χ2n) is 7.79. The zero-order valence-corrected chi connectivity index (χ0v) is 19.1. The first kappa shape index (κ1) is 21.5. The van der Waals surface area contributed by atoms with Gasteiger partial charge in [-0.05, 0) is 43.3 Å². The van der Waals surface area contributed by atoms with E-state index in [4.69, 9.17) is 0 Å². The molecule has 4 aromatic rings. The zero-order valence-electron chi connectivity index (χ0n) is 18.2. The number of anilines is 3. The fraction of sp³-hybridized carbons (Fsp3) is 0.0769. The summed E-state index contributed by atoms with van der Waals surface area (Å²) in [5.74, 6) is -0.783. The van der Waals surface area contributed by atoms with E-state index in [1.54, 1.807) is 42.5 Å². The van der Waals surface area contributed by atoms with Crippen molar-refractivity contribution in [3.63, 3.8) is 0 Å². The van der Waals surface area contributed by atoms with Crippen molar-refractivity contribution in [2.75, 3.05) is 22.1 Å². The number of nitrogens with one attached hydrogen (secondary N) is 2. The summed E-state index contributed by atoms with van der Waals surface area (Å²) in [4.78, 5) is 44.5. The van der Waals surface area contributed by atoms with Gasteiger partial charge in [-0.3, -0.25) is 19.3 Å². The number of hydrogen-bond acceptors (Lipinski definition) is 5. The quantitative estimate of drug-likeness (QED) is 0.442. The van der Waals surface area contributed by atoms with Crippen LogP contribution in [0.4, 0.5) is 17.1 Å². The summed E-state index contributed by atoms with van der Waals surface area (Å²) in [7, 11) is 0. The van der Waals surface area contributed by atoms with E-state index in [9.17, 15) is 14.4 Å². The van der Waals surface area contributed by atoms with Crippen LogP contribution in [0.1, 0.15) is 25.7 Å². The molecule has 2 N–H and O–H groups in total. The number of benzene rings is 3. The first-order chi connectivity index (χ1) is 16.5. The predicted molar refractivity (Wildman–Crippen MR) is 133 cm³/mol. The molecule has 5 rings (SSSR count). The van der Waals surface area contributed by atoms with Crippen LogP contribution in [0.5, 0.6) is 0 Å². The molecular weight excluding hydrogens is 448 g/mol. The number of aryl methyl sites for hydroxylation is 1. The first-order valence-electron chi connectivity index (χ1n) is 10.6. The van der Waals surface area contributed by atoms with Gasteiger partial charge in [-0.25, -0.2) is 4.98 Å². The van der Waals surface area contributed by atoms with Gasteiger partial charge in [0.1, 0.15) is 16.4 Å². The number of amides is 3. The lowest BCUT2D eigenvalue weighted by atomic mass is 10.1. The Hall–Kier alpha value is -4.30. The van der Waals surface area contributed by atoms with Crippen molar-refractivity contribution >= 4 is 46.1 Å². The molecule has 0 aliphatic carbocycles. The molecule has 1 aliphatic heterocycles. The van der Waals surface area contributed by atoms with Crippen LogP contribution in [0, 0.1) is 6.92 Å². The van der Waals surface area contributed by atoms with Crippen molar-refractivity contribution in [1.29, 1.82) is 0 Å². The van der Waals surface area contributed by atoms with E-state index in [1.807, 2.05) is 43.3 Å². The van der Waals surface area contributed by atoms with Crippen molar-refractivity contribution in [2.24, 2.45) is 0 Å². The van der Waals surface area contributed by atoms with Gasteiger partial charge in [0.2, 0.25) is 5.91 Å². The second-order valence-corrected chi connectivity index (χ2v) is 8.79. The molecule has 34 heavy (non-hydrogen) atoms. The average Bonchev–Trinajstić information content (AvgIpc) is 3.26. The highest BCUT2D eigenvalue weighted by atomic mass is 32.1. The van der Waals surface area contributed by atoms with Gasteiger partial charge >= 0.3 is 0 Å². The number of aromatic nitrogens is 1. The van der Waals surface area contributed by atoms with Crippen LogP contribution in [0.3, 0.4) is 0 Å². The molecule has 3 amide bonds. The topological polar surface area (TPSA) is 91.4 Å². The lowest BCUT2D eigenvalue weighted by Gasteiger charge is -2.29. The standard InChI is InChI=1S/C26H20N4O3S/c1-16-23(34-25(27-16)17-7-3-2-4-8-17)24(32)28-19-13-11-18(12-14-19)26(33)30-15-22(31)29-20-9-5-6-10-21(20)30/h2-14H,15H2,1H3,(H,28,32)(H,29,31). The maximum absolute atomic E-state index is 13.1. The van der Waals surface area contributed by atoms with E-state index in [0.717, 1.165) is 10.6 Å². The maximum atomic E-state index is 13.1. The molecule has 0 saturated carbocycles. The molecule has 0 saturated heterocycles. The van der Waals surface area contributed by atoms with Crippen molar-refractivity contribution in [1.82, 2.24) is 4.98 Å². The summed E-state index contributed by atoms with van der Waals surface area (Å²) in [6.45, 7) is 1.76. The van der Waals surface area contributed by atoms with E-state index in [2.05, 4.69) is 15.6 Å². The van der Waals surface area contributed by atoms with Gasteiger partial charge < -0.3 is 10.6 Å². The van der Waals surface area contributed by atoms with Gasteiger partial charge in [-0.15, -0.1) is 11.3 Å². The molecule has 3 aromatic carbocycles. The van der Waals surface area contributed by atoms with Crippen LogP contribution in [0.2, 0.25) is 0 Å². The minimum atomic E-state index is -0.286. The predicted octanol–water partition coefficient (Wildman–Crippen LogP) is 4.97. The van der Waals surface area contributed by atoms with E-state index in [0.29, 0.717) is 33.2 Å². The Morgan fingerprint density at radius 3 is 2.44 bits per heavy atom. The van der Waals surface area contributed by atoms with Crippen LogP contribution < -0.4 is 15.5 Å². The molecule has 1 aliphatic rings. The lowest BCUT2D eigenvalue weighted by Crippen LogP contribution is -2.42. The Morgan fingerprint density at radius 1 is 0.971 bits per heavy atom. The third kappa shape index (κ3) is 4.18. The van der Waals surface area contributed by atoms with E-state index in [1.165, 1.54) is 16.2 Å². The minimum absolute atomic E-state index is 0.0528. The van der Waals surface area contributed by atoms with E-state index in [-0.39, 0.29) is 24.3 Å². The summed E-state index contributed by atoms with van der Waals surface area (Å²) in [6, 6.07) is 23.5. The largest absolute Gasteiger partial charge is 0.323 e. The van der Waals surface area contributed by atoms with Gasteiger partial charge in [0.25, 0.3) is 11.8 Å². The third-order valence-corrected chi connectivity index (χ3v) is 6.63. The van der Waals surface area contributed by atoms with Crippen LogP contribution in [-0.4, -0.2) is 29.3 Å². The lowest BCUT2D eigenvalue weighted by molar-refractivity contribution is -0.115. The Morgan fingerprint density at radius 2 is 1.68 bits per heavy atom. The number of rotatable bonds is 4. The summed E-state index contributed by atoms with van der Waals surface area (Å²) in [5, 5.41) is 6.44. The highest BCUT2D eigenvalue weighted by Gasteiger charge is 2.27. The van der Waals surface area contributed by atoms with Crippen molar-refractivity contribution in [3.8, 4) is 10.6 Å². The molecule has 168 valence electrons.